The first-order valence-corrected chi connectivity index (χ1v) is 19.4. The molecule has 2 aliphatic heterocycles. The number of carboxylic acids is 1. The summed E-state index contributed by atoms with van der Waals surface area (Å²) >= 11 is 0. The van der Waals surface area contributed by atoms with E-state index in [0.29, 0.717) is 19.4 Å². The molecule has 5 aliphatic rings. The second kappa shape index (κ2) is 13.7. The van der Waals surface area contributed by atoms with E-state index < -0.39 is 52.8 Å². The molecule has 0 aromatic carbocycles. The van der Waals surface area contributed by atoms with Crippen LogP contribution in [0.25, 0.3) is 0 Å². The van der Waals surface area contributed by atoms with E-state index in [1.807, 2.05) is 48.5 Å². The van der Waals surface area contributed by atoms with Gasteiger partial charge < -0.3 is 26.0 Å². The Morgan fingerprint density at radius 2 is 1.40 bits per heavy atom. The lowest BCUT2D eigenvalue weighted by Crippen LogP contribution is -2.63. The van der Waals surface area contributed by atoms with Crippen LogP contribution in [0.4, 0.5) is 0 Å². The molecule has 2 saturated heterocycles. The van der Waals surface area contributed by atoms with Gasteiger partial charge in [-0.2, -0.15) is 0 Å². The molecule has 0 aromatic rings. The van der Waals surface area contributed by atoms with Crippen LogP contribution in [0.3, 0.4) is 0 Å². The van der Waals surface area contributed by atoms with Crippen LogP contribution in [0.2, 0.25) is 0 Å². The maximum Gasteiger partial charge on any atom is 0.326 e. The van der Waals surface area contributed by atoms with E-state index in [0.717, 1.165) is 70.9 Å². The van der Waals surface area contributed by atoms with Crippen LogP contribution in [0.15, 0.2) is 0 Å². The third kappa shape index (κ3) is 6.69. The first-order chi connectivity index (χ1) is 23.2. The lowest BCUT2D eigenvalue weighted by atomic mass is 9.73. The van der Waals surface area contributed by atoms with E-state index in [1.54, 1.807) is 4.90 Å². The lowest BCUT2D eigenvalue weighted by molar-refractivity contribution is -0.147. The number of hydrogen-bond acceptors (Lipinski definition) is 6. The number of carbonyl (C=O) groups excluding carboxylic acids is 4. The molecule has 0 bridgehead atoms. The average Bonchev–Trinajstić information content (AvgIpc) is 3.21. The van der Waals surface area contributed by atoms with Crippen LogP contribution in [0.5, 0.6) is 0 Å². The van der Waals surface area contributed by atoms with E-state index in [2.05, 4.69) is 34.7 Å². The molecule has 4 N–H and O–H groups in total. The van der Waals surface area contributed by atoms with Crippen LogP contribution >= 0.6 is 0 Å². The van der Waals surface area contributed by atoms with Gasteiger partial charge in [0.2, 0.25) is 23.6 Å². The zero-order valence-corrected chi connectivity index (χ0v) is 32.2. The molecule has 4 amide bonds. The Kier molecular flexibility index (Phi) is 10.6. The fraction of sp³-hybridized carbons (Fsp3) is 0.872. The molecule has 11 heteroatoms. The van der Waals surface area contributed by atoms with Gasteiger partial charge >= 0.3 is 5.97 Å². The number of likely N-dealkylation sites (tertiary alicyclic amines) is 2. The molecule has 2 heterocycles. The molecule has 0 radical (unpaired) electrons. The van der Waals surface area contributed by atoms with E-state index in [9.17, 15) is 29.1 Å². The maximum absolute atomic E-state index is 14.9. The number of amides is 4. The highest BCUT2D eigenvalue weighted by atomic mass is 16.4. The number of nitrogens with one attached hydrogen (secondary N) is 3. The summed E-state index contributed by atoms with van der Waals surface area (Å²) in [4.78, 5) is 73.0. The Labute approximate surface area is 299 Å². The zero-order valence-electron chi connectivity index (χ0n) is 32.2. The predicted molar refractivity (Wildman–Crippen MR) is 192 cm³/mol. The third-order valence-electron chi connectivity index (χ3n) is 13.9. The zero-order chi connectivity index (χ0) is 37.0. The van der Waals surface area contributed by atoms with Crippen molar-refractivity contribution in [3.8, 4) is 0 Å². The van der Waals surface area contributed by atoms with Crippen molar-refractivity contribution in [3.05, 3.63) is 0 Å². The van der Waals surface area contributed by atoms with Gasteiger partial charge in [-0.3, -0.25) is 24.1 Å². The van der Waals surface area contributed by atoms with Gasteiger partial charge in [-0.15, -0.1) is 0 Å². The SMILES string of the molecule is CCN1CCCC[C@@H]1C(=O)N[C@H](C(=O)N[C@@H](C(=O)N1CC2(C[C@H]1C(=O)N[C@H](CC1CCC1)C(=O)O)C(C)(C)C21CCC1)C(C)(C)C)C(C)(C)C. The van der Waals surface area contributed by atoms with E-state index in [-0.39, 0.29) is 40.0 Å². The fourth-order valence-corrected chi connectivity index (χ4v) is 10.2. The minimum absolute atomic E-state index is 0.0548. The van der Waals surface area contributed by atoms with Gasteiger partial charge in [0, 0.05) is 12.0 Å². The monoisotopic (exact) mass is 699 g/mol. The van der Waals surface area contributed by atoms with Crippen molar-refractivity contribution >= 4 is 29.6 Å². The van der Waals surface area contributed by atoms with Gasteiger partial charge in [-0.05, 0) is 79.2 Å². The standard InChI is InChI=1S/C39H65N5O6/c1-10-43-20-12-11-17-26(43)30(45)41-28(35(2,3)4)32(47)42-29(36(5,6)7)33(48)44-23-39(37(8,9)38(39)18-14-19-38)22-27(44)31(46)40-25(34(49)50)21-24-15-13-16-24/h24-29H,10-23H2,1-9H3,(H,40,46)(H,41,45)(H,42,47)(H,49,50)/t25-,26-,27+,28-,29+,39?/m1/s1. The summed E-state index contributed by atoms with van der Waals surface area (Å²) in [6, 6.07) is -4.01. The number of fused-ring (bicyclic) bond motifs is 1. The van der Waals surface area contributed by atoms with Crippen LogP contribution < -0.4 is 16.0 Å². The highest BCUT2D eigenvalue weighted by Crippen LogP contribution is 2.88. The third-order valence-corrected chi connectivity index (χ3v) is 13.9. The quantitative estimate of drug-likeness (QED) is 0.249. The van der Waals surface area contributed by atoms with Crippen molar-refractivity contribution in [1.82, 2.24) is 25.8 Å². The van der Waals surface area contributed by atoms with Gasteiger partial charge in [-0.1, -0.05) is 94.4 Å². The van der Waals surface area contributed by atoms with E-state index in [1.165, 1.54) is 0 Å². The molecule has 50 heavy (non-hydrogen) atoms. The molecule has 6 atom stereocenters. The van der Waals surface area contributed by atoms with Gasteiger partial charge in [0.1, 0.15) is 24.2 Å². The highest BCUT2D eigenvalue weighted by Gasteiger charge is 2.85. The largest absolute Gasteiger partial charge is 0.480 e. The summed E-state index contributed by atoms with van der Waals surface area (Å²) in [5.74, 6) is -2.13. The number of carboxylic acid groups (broad SMARTS) is 1. The average molecular weight is 700 g/mol. The Balaban J connectivity index is 1.40. The first-order valence-electron chi connectivity index (χ1n) is 19.4. The van der Waals surface area contributed by atoms with Crippen molar-refractivity contribution < 1.29 is 29.1 Å². The number of carbonyl (C=O) groups is 5. The molecule has 1 unspecified atom stereocenters. The van der Waals surface area contributed by atoms with Crippen molar-refractivity contribution in [2.75, 3.05) is 19.6 Å². The van der Waals surface area contributed by atoms with Crippen LogP contribution in [0, 0.1) is 33.0 Å². The van der Waals surface area contributed by atoms with Crippen LogP contribution in [-0.4, -0.2) is 94.3 Å². The molecular weight excluding hydrogens is 634 g/mol. The van der Waals surface area contributed by atoms with Gasteiger partial charge in [-0.25, -0.2) is 4.79 Å². The molecule has 3 saturated carbocycles. The Morgan fingerprint density at radius 1 is 0.780 bits per heavy atom. The second-order valence-corrected chi connectivity index (χ2v) is 19.0. The Bertz CT molecular complexity index is 1340. The first kappa shape index (κ1) is 38.5. The van der Waals surface area contributed by atoms with Gasteiger partial charge in [0.15, 0.2) is 0 Å². The summed E-state index contributed by atoms with van der Waals surface area (Å²) in [5.41, 5.74) is -1.63. The van der Waals surface area contributed by atoms with Crippen molar-refractivity contribution in [2.45, 2.75) is 163 Å². The summed E-state index contributed by atoms with van der Waals surface area (Å²) in [6.45, 7) is 20.0. The molecule has 5 rings (SSSR count). The van der Waals surface area contributed by atoms with Crippen molar-refractivity contribution in [3.63, 3.8) is 0 Å². The number of nitrogens with zero attached hydrogens (tertiary/aromatic N) is 2. The minimum Gasteiger partial charge on any atom is -0.480 e. The summed E-state index contributed by atoms with van der Waals surface area (Å²) < 4.78 is 0. The molecule has 5 fully saturated rings. The van der Waals surface area contributed by atoms with Crippen molar-refractivity contribution in [1.29, 1.82) is 0 Å². The van der Waals surface area contributed by atoms with E-state index >= 15 is 0 Å². The lowest BCUT2D eigenvalue weighted by Gasteiger charge is -2.39. The highest BCUT2D eigenvalue weighted by molar-refractivity contribution is 5.96. The topological polar surface area (TPSA) is 148 Å². The van der Waals surface area contributed by atoms with Gasteiger partial charge in [0.05, 0.1) is 6.04 Å². The summed E-state index contributed by atoms with van der Waals surface area (Å²) in [5, 5.41) is 19.0. The number of piperidine rings is 1. The van der Waals surface area contributed by atoms with Crippen LogP contribution in [-0.2, 0) is 24.0 Å². The Morgan fingerprint density at radius 3 is 1.88 bits per heavy atom. The number of rotatable bonds is 11. The fourth-order valence-electron chi connectivity index (χ4n) is 10.2. The number of likely N-dealkylation sites (N-methyl/N-ethyl adjacent to an activating group) is 1. The van der Waals surface area contributed by atoms with Gasteiger partial charge in [0.25, 0.3) is 0 Å². The second-order valence-electron chi connectivity index (χ2n) is 19.0. The predicted octanol–water partition coefficient (Wildman–Crippen LogP) is 4.48. The normalized spacial score (nSPS) is 29.3. The summed E-state index contributed by atoms with van der Waals surface area (Å²) in [7, 11) is 0. The minimum atomic E-state index is -1.05. The molecule has 3 aliphatic carbocycles. The number of aliphatic carboxylic acids is 1. The number of hydrogen-bond donors (Lipinski definition) is 4. The Hall–Kier alpha value is -2.69. The molecule has 282 valence electrons. The molecule has 0 aromatic heterocycles. The van der Waals surface area contributed by atoms with E-state index in [4.69, 9.17) is 0 Å². The smallest absolute Gasteiger partial charge is 0.326 e. The van der Waals surface area contributed by atoms with Crippen LogP contribution in [0.1, 0.15) is 133 Å². The molecule has 11 nitrogen and oxygen atoms in total. The molecular formula is C39H65N5O6. The van der Waals surface area contributed by atoms with Crippen molar-refractivity contribution in [2.24, 2.45) is 33.0 Å². The summed E-state index contributed by atoms with van der Waals surface area (Å²) in [6.07, 6.45) is 9.85. The maximum atomic E-state index is 14.9. The molecule has 2 spiro atoms.